The molecule has 4 atom stereocenters. The zero-order chi connectivity index (χ0) is 20.3. The van der Waals surface area contributed by atoms with Gasteiger partial charge in [0, 0.05) is 0 Å². The van der Waals surface area contributed by atoms with Crippen molar-refractivity contribution in [2.45, 2.75) is 36.8 Å². The lowest BCUT2D eigenvalue weighted by Gasteiger charge is -2.24. The molecule has 2 aromatic heterocycles. The first-order chi connectivity index (χ1) is 13.9. The van der Waals surface area contributed by atoms with E-state index in [4.69, 9.17) is 26.1 Å². The van der Waals surface area contributed by atoms with Crippen LogP contribution in [0.25, 0.3) is 5.52 Å². The van der Waals surface area contributed by atoms with Crippen molar-refractivity contribution >= 4 is 23.5 Å². The summed E-state index contributed by atoms with van der Waals surface area (Å²) in [4.78, 5) is 27.6. The summed E-state index contributed by atoms with van der Waals surface area (Å²) in [6.07, 6.45) is -1.25. The van der Waals surface area contributed by atoms with Crippen molar-refractivity contribution in [1.29, 1.82) is 5.26 Å². The van der Waals surface area contributed by atoms with Crippen molar-refractivity contribution in [2.24, 2.45) is 5.92 Å². The van der Waals surface area contributed by atoms with Crippen LogP contribution in [0.15, 0.2) is 18.4 Å². The standard InChI is InChI=1S/C17H15N5O6/c18-6-17(11-4-3-9-14(19)20-7-21-22(9)11)13-12(26-16(24)27-13)10(28-17)5-25-15(23)8-1-2-8/h3-4,7-8,10,12-13H,1-2,5H2,(H2,19,20,21)/t10-,12-,13-,17+/m1/s1/i3D. The number of nitrogens with two attached hydrogens (primary N) is 1. The third-order valence-corrected chi connectivity index (χ3v) is 5.10. The zero-order valence-electron chi connectivity index (χ0n) is 15.4. The van der Waals surface area contributed by atoms with Crippen LogP contribution in [0.2, 0.25) is 0 Å². The Balaban J connectivity index is 1.55. The summed E-state index contributed by atoms with van der Waals surface area (Å²) in [5.41, 5.74) is 4.33. The van der Waals surface area contributed by atoms with E-state index >= 15 is 0 Å². The molecule has 5 rings (SSSR count). The van der Waals surface area contributed by atoms with Crippen molar-refractivity contribution in [3.63, 3.8) is 0 Å². The van der Waals surface area contributed by atoms with Crippen molar-refractivity contribution in [3.05, 3.63) is 24.1 Å². The van der Waals surface area contributed by atoms with Crippen LogP contribution in [-0.4, -0.2) is 51.6 Å². The third-order valence-electron chi connectivity index (χ3n) is 5.10. The number of nitrogens with zero attached hydrogens (tertiary/aromatic N) is 4. The third kappa shape index (κ3) is 2.31. The smallest absolute Gasteiger partial charge is 0.463 e. The lowest BCUT2D eigenvalue weighted by molar-refractivity contribution is -0.153. The van der Waals surface area contributed by atoms with E-state index in [0.29, 0.717) is 0 Å². The van der Waals surface area contributed by atoms with Crippen LogP contribution in [0.1, 0.15) is 19.9 Å². The van der Waals surface area contributed by atoms with Crippen LogP contribution >= 0.6 is 0 Å². The number of hydrogen-bond donors (Lipinski definition) is 1. The molecular weight excluding hydrogens is 370 g/mol. The summed E-state index contributed by atoms with van der Waals surface area (Å²) in [5, 5.41) is 14.1. The van der Waals surface area contributed by atoms with E-state index in [0.717, 1.165) is 12.8 Å². The topological polar surface area (TPSA) is 151 Å². The van der Waals surface area contributed by atoms with Gasteiger partial charge in [-0.3, -0.25) is 4.79 Å². The minimum Gasteiger partial charge on any atom is -0.463 e. The number of carbonyl (C=O) groups excluding carboxylic acids is 2. The van der Waals surface area contributed by atoms with E-state index < -0.39 is 30.1 Å². The van der Waals surface area contributed by atoms with Gasteiger partial charge in [-0.1, -0.05) is 0 Å². The van der Waals surface area contributed by atoms with Crippen LogP contribution in [0.4, 0.5) is 10.6 Å². The van der Waals surface area contributed by atoms with Gasteiger partial charge >= 0.3 is 12.1 Å². The molecule has 2 saturated heterocycles. The molecule has 1 saturated carbocycles. The molecule has 144 valence electrons. The number of hydrogen-bond acceptors (Lipinski definition) is 10. The SMILES string of the molecule is [2H]c1cc([C@]2(C#N)O[C@H](COC(=O)C3CC3)[C@H]3OC(=O)O[C@H]32)n2ncnc(N)c12. The number of rotatable bonds is 4. The molecular formula is C17H15N5O6. The van der Waals surface area contributed by atoms with Crippen molar-refractivity contribution in [1.82, 2.24) is 14.6 Å². The van der Waals surface area contributed by atoms with Gasteiger partial charge < -0.3 is 24.7 Å². The van der Waals surface area contributed by atoms with E-state index in [1.54, 1.807) is 0 Å². The Labute approximate surface area is 159 Å². The van der Waals surface area contributed by atoms with Gasteiger partial charge in [-0.05, 0) is 25.0 Å². The van der Waals surface area contributed by atoms with Crippen LogP contribution in [0.5, 0.6) is 0 Å². The van der Waals surface area contributed by atoms with Gasteiger partial charge in [0.05, 0.1) is 13.0 Å². The Morgan fingerprint density at radius 2 is 2.36 bits per heavy atom. The van der Waals surface area contributed by atoms with Crippen molar-refractivity contribution < 1.29 is 29.9 Å². The van der Waals surface area contributed by atoms with E-state index in [9.17, 15) is 14.9 Å². The maximum Gasteiger partial charge on any atom is 0.509 e. The van der Waals surface area contributed by atoms with E-state index in [-0.39, 0.29) is 41.6 Å². The first-order valence-corrected chi connectivity index (χ1v) is 8.67. The summed E-state index contributed by atoms with van der Waals surface area (Å²) >= 11 is 0. The van der Waals surface area contributed by atoms with Gasteiger partial charge in [0.25, 0.3) is 0 Å². The summed E-state index contributed by atoms with van der Waals surface area (Å²) in [6, 6.07) is 3.36. The van der Waals surface area contributed by atoms with Crippen molar-refractivity contribution in [3.8, 4) is 6.07 Å². The minimum atomic E-state index is -1.84. The molecule has 11 heteroatoms. The number of ether oxygens (including phenoxy) is 4. The van der Waals surface area contributed by atoms with Gasteiger partial charge in [-0.15, -0.1) is 0 Å². The highest BCUT2D eigenvalue weighted by Gasteiger charge is 2.65. The largest absolute Gasteiger partial charge is 0.509 e. The number of nitriles is 1. The Bertz CT molecular complexity index is 1080. The first kappa shape index (κ1) is 15.6. The van der Waals surface area contributed by atoms with Crippen LogP contribution < -0.4 is 5.73 Å². The molecule has 2 N–H and O–H groups in total. The monoisotopic (exact) mass is 386 g/mol. The average Bonchev–Trinajstić information content (AvgIpc) is 3.31. The van der Waals surface area contributed by atoms with Crippen LogP contribution in [0, 0.1) is 17.2 Å². The summed E-state index contributed by atoms with van der Waals surface area (Å²) in [6.45, 7) is -0.204. The molecule has 0 bridgehead atoms. The predicted octanol–water partition coefficient (Wildman–Crippen LogP) is 0.286. The number of nitrogen functional groups attached to an aromatic ring is 1. The van der Waals surface area contributed by atoms with Gasteiger partial charge in [0.1, 0.15) is 30.6 Å². The Morgan fingerprint density at radius 3 is 3.11 bits per heavy atom. The fourth-order valence-electron chi connectivity index (χ4n) is 3.56. The molecule has 28 heavy (non-hydrogen) atoms. The highest BCUT2D eigenvalue weighted by molar-refractivity contribution is 5.75. The Hall–Kier alpha value is -3.39. The molecule has 2 aromatic rings. The van der Waals surface area contributed by atoms with Crippen molar-refractivity contribution in [2.75, 3.05) is 12.3 Å². The predicted molar refractivity (Wildman–Crippen MR) is 88.4 cm³/mol. The number of carbonyl (C=O) groups is 2. The second-order valence-corrected chi connectivity index (χ2v) is 6.86. The average molecular weight is 386 g/mol. The molecule has 0 radical (unpaired) electrons. The first-order valence-electron chi connectivity index (χ1n) is 9.17. The van der Waals surface area contributed by atoms with Gasteiger partial charge in [0.15, 0.2) is 18.0 Å². The van der Waals surface area contributed by atoms with E-state index in [1.807, 2.05) is 6.07 Å². The maximum absolute atomic E-state index is 11.9. The molecule has 3 aliphatic rings. The molecule has 0 unspecified atom stereocenters. The second kappa shape index (κ2) is 5.80. The van der Waals surface area contributed by atoms with Gasteiger partial charge in [-0.2, -0.15) is 10.4 Å². The molecule has 3 fully saturated rings. The van der Waals surface area contributed by atoms with E-state index in [1.165, 1.54) is 16.9 Å². The lowest BCUT2D eigenvalue weighted by Crippen LogP contribution is -2.39. The molecule has 2 aliphatic heterocycles. The summed E-state index contributed by atoms with van der Waals surface area (Å²) in [7, 11) is 0. The molecule has 0 spiro atoms. The minimum absolute atomic E-state index is 0.0262. The quantitative estimate of drug-likeness (QED) is 0.726. The summed E-state index contributed by atoms with van der Waals surface area (Å²) < 4.78 is 31.1. The molecule has 0 aromatic carbocycles. The second-order valence-electron chi connectivity index (χ2n) is 6.86. The van der Waals surface area contributed by atoms with Gasteiger partial charge in [-0.25, -0.2) is 14.3 Å². The van der Waals surface area contributed by atoms with Crippen LogP contribution in [0.3, 0.4) is 0 Å². The number of fused-ring (bicyclic) bond motifs is 2. The molecule has 11 nitrogen and oxygen atoms in total. The molecule has 0 amide bonds. The summed E-state index contributed by atoms with van der Waals surface area (Å²) in [5.74, 6) is -0.421. The fourth-order valence-corrected chi connectivity index (χ4v) is 3.56. The van der Waals surface area contributed by atoms with Crippen LogP contribution in [-0.2, 0) is 29.3 Å². The number of esters is 1. The highest BCUT2D eigenvalue weighted by Crippen LogP contribution is 2.46. The van der Waals surface area contributed by atoms with Gasteiger partial charge in [0.2, 0.25) is 5.60 Å². The highest BCUT2D eigenvalue weighted by atomic mass is 16.8. The number of anilines is 1. The normalized spacial score (nSPS) is 31.6. The van der Waals surface area contributed by atoms with E-state index in [2.05, 4.69) is 10.1 Å². The Kier molecular flexibility index (Phi) is 3.24. The Morgan fingerprint density at radius 1 is 1.54 bits per heavy atom. The lowest BCUT2D eigenvalue weighted by atomic mass is 9.92. The molecule has 1 aliphatic carbocycles. The maximum atomic E-state index is 11.9. The zero-order valence-corrected chi connectivity index (χ0v) is 14.4. The molecule has 4 heterocycles. The fraction of sp³-hybridized carbons (Fsp3) is 0.471. The number of aromatic nitrogens is 3.